The van der Waals surface area contributed by atoms with Crippen LogP contribution in [0, 0.1) is 5.92 Å². The number of carbonyl (C=O) groups is 2. The quantitative estimate of drug-likeness (QED) is 0.762. The molecule has 2 aromatic carbocycles. The van der Waals surface area contributed by atoms with Gasteiger partial charge in [-0.2, -0.15) is 0 Å². The van der Waals surface area contributed by atoms with Crippen LogP contribution in [-0.2, 0) is 16.0 Å². The van der Waals surface area contributed by atoms with Gasteiger partial charge < -0.3 is 19.9 Å². The number of piperazine rings is 1. The van der Waals surface area contributed by atoms with Crippen LogP contribution in [0.5, 0.6) is 5.75 Å². The number of methoxy groups -OCH3 is 1. The molecule has 2 atom stereocenters. The fourth-order valence-corrected chi connectivity index (χ4v) is 5.45. The topological polar surface area (TPSA) is 65.1 Å². The summed E-state index contributed by atoms with van der Waals surface area (Å²) in [4.78, 5) is 32.9. The molecule has 2 fully saturated rings. The maximum Gasteiger partial charge on any atom is 0.236 e. The van der Waals surface area contributed by atoms with Crippen molar-refractivity contribution in [3.63, 3.8) is 0 Å². The van der Waals surface area contributed by atoms with E-state index in [-0.39, 0.29) is 23.8 Å². The van der Waals surface area contributed by atoms with E-state index in [0.717, 1.165) is 44.7 Å². The van der Waals surface area contributed by atoms with Gasteiger partial charge in [0, 0.05) is 50.2 Å². The van der Waals surface area contributed by atoms with E-state index in [1.807, 2.05) is 35.2 Å². The number of hydrogen-bond donors (Lipinski definition) is 1. The van der Waals surface area contributed by atoms with Crippen molar-refractivity contribution < 1.29 is 14.3 Å². The van der Waals surface area contributed by atoms with Crippen molar-refractivity contribution in [2.75, 3.05) is 56.6 Å². The molecule has 2 aromatic rings. The number of rotatable bonds is 5. The van der Waals surface area contributed by atoms with Gasteiger partial charge in [0.15, 0.2) is 0 Å². The van der Waals surface area contributed by atoms with Crippen LogP contribution in [0.4, 0.5) is 11.4 Å². The average molecular weight is 449 g/mol. The number of anilines is 2. The van der Waals surface area contributed by atoms with E-state index in [4.69, 9.17) is 4.74 Å². The van der Waals surface area contributed by atoms with Crippen LogP contribution in [0.2, 0.25) is 0 Å². The first-order valence-corrected chi connectivity index (χ1v) is 11.9. The van der Waals surface area contributed by atoms with Crippen molar-refractivity contribution in [2.24, 2.45) is 5.92 Å². The lowest BCUT2D eigenvalue weighted by Crippen LogP contribution is -2.61. The maximum atomic E-state index is 13.5. The summed E-state index contributed by atoms with van der Waals surface area (Å²) in [5, 5.41) is 3.11. The molecule has 0 aromatic heterocycles. The molecule has 7 heteroatoms. The van der Waals surface area contributed by atoms with E-state index < -0.39 is 0 Å². The summed E-state index contributed by atoms with van der Waals surface area (Å²) in [5.41, 5.74) is 3.17. The van der Waals surface area contributed by atoms with Crippen LogP contribution in [-0.4, -0.2) is 74.0 Å². The zero-order chi connectivity index (χ0) is 22.8. The van der Waals surface area contributed by atoms with Gasteiger partial charge in [0.2, 0.25) is 11.8 Å². The zero-order valence-electron chi connectivity index (χ0n) is 19.2. The molecule has 3 aliphatic heterocycles. The second-order valence-electron chi connectivity index (χ2n) is 9.24. The predicted molar refractivity (Wildman–Crippen MR) is 129 cm³/mol. The van der Waals surface area contributed by atoms with Crippen molar-refractivity contribution in [2.45, 2.75) is 25.3 Å². The molecule has 5 rings (SSSR count). The summed E-state index contributed by atoms with van der Waals surface area (Å²) in [7, 11) is 1.62. The van der Waals surface area contributed by atoms with E-state index in [0.29, 0.717) is 25.3 Å². The Balaban J connectivity index is 1.35. The molecule has 33 heavy (non-hydrogen) atoms. The number of nitrogens with zero attached hydrogens (tertiary/aromatic N) is 3. The molecule has 7 nitrogen and oxygen atoms in total. The van der Waals surface area contributed by atoms with Crippen LogP contribution in [0.15, 0.2) is 48.5 Å². The number of carbonyl (C=O) groups excluding carboxylic acids is 2. The standard InChI is InChI=1S/C26H32N4O3/c1-33-21-9-6-8-20(16-21)27-26(32)22-15-19-7-2-3-10-23(19)30-14-13-28(17-24(22)30)18-25(31)29-11-4-5-12-29/h2-3,6-10,16,22,24H,4-5,11-15,17-18H2,1H3,(H,27,32). The number of amides is 2. The first kappa shape index (κ1) is 21.8. The lowest BCUT2D eigenvalue weighted by atomic mass is 9.83. The molecule has 174 valence electrons. The molecule has 0 bridgehead atoms. The predicted octanol–water partition coefficient (Wildman–Crippen LogP) is 2.62. The maximum absolute atomic E-state index is 13.5. The Labute approximate surface area is 195 Å². The SMILES string of the molecule is COc1cccc(NC(=O)C2Cc3ccccc3N3CCN(CC(=O)N4CCCC4)CC23)c1. The van der Waals surface area contributed by atoms with Crippen molar-refractivity contribution in [1.82, 2.24) is 9.80 Å². The van der Waals surface area contributed by atoms with E-state index in [9.17, 15) is 9.59 Å². The van der Waals surface area contributed by atoms with Gasteiger partial charge in [-0.1, -0.05) is 24.3 Å². The average Bonchev–Trinajstić information content (AvgIpc) is 3.39. The molecule has 3 heterocycles. The molecular formula is C26H32N4O3. The van der Waals surface area contributed by atoms with Crippen LogP contribution in [0.25, 0.3) is 0 Å². The first-order chi connectivity index (χ1) is 16.1. The molecular weight excluding hydrogens is 416 g/mol. The van der Waals surface area contributed by atoms with Crippen molar-refractivity contribution in [1.29, 1.82) is 0 Å². The second-order valence-corrected chi connectivity index (χ2v) is 9.24. The number of hydrogen-bond acceptors (Lipinski definition) is 5. The van der Waals surface area contributed by atoms with Crippen LogP contribution < -0.4 is 15.0 Å². The number of likely N-dealkylation sites (tertiary alicyclic amines) is 1. The largest absolute Gasteiger partial charge is 0.497 e. The van der Waals surface area contributed by atoms with Gasteiger partial charge in [0.05, 0.1) is 25.6 Å². The molecule has 2 unspecified atom stereocenters. The van der Waals surface area contributed by atoms with Crippen LogP contribution >= 0.6 is 0 Å². The van der Waals surface area contributed by atoms with Crippen molar-refractivity contribution in [3.05, 3.63) is 54.1 Å². The highest BCUT2D eigenvalue weighted by Gasteiger charge is 2.42. The normalized spacial score (nSPS) is 22.5. The minimum Gasteiger partial charge on any atom is -0.497 e. The Kier molecular flexibility index (Phi) is 6.22. The number of fused-ring (bicyclic) bond motifs is 3. The van der Waals surface area contributed by atoms with Crippen molar-refractivity contribution in [3.8, 4) is 5.75 Å². The van der Waals surface area contributed by atoms with E-state index in [2.05, 4.69) is 33.3 Å². The summed E-state index contributed by atoms with van der Waals surface area (Å²) >= 11 is 0. The lowest BCUT2D eigenvalue weighted by Gasteiger charge is -2.49. The van der Waals surface area contributed by atoms with E-state index in [1.165, 1.54) is 11.3 Å². The summed E-state index contributed by atoms with van der Waals surface area (Å²) in [6.45, 7) is 4.55. The molecule has 2 amide bonds. The third-order valence-corrected chi connectivity index (χ3v) is 7.20. The number of benzene rings is 2. The summed E-state index contributed by atoms with van der Waals surface area (Å²) in [6.07, 6.45) is 2.90. The lowest BCUT2D eigenvalue weighted by molar-refractivity contribution is -0.131. The van der Waals surface area contributed by atoms with Gasteiger partial charge in [0.25, 0.3) is 0 Å². The summed E-state index contributed by atoms with van der Waals surface area (Å²) in [6, 6.07) is 15.9. The molecule has 0 spiro atoms. The van der Waals surface area contributed by atoms with Gasteiger partial charge in [0.1, 0.15) is 5.75 Å². The van der Waals surface area contributed by atoms with Gasteiger partial charge in [-0.3, -0.25) is 14.5 Å². The van der Waals surface area contributed by atoms with Gasteiger partial charge >= 0.3 is 0 Å². The van der Waals surface area contributed by atoms with Gasteiger partial charge in [-0.05, 0) is 43.0 Å². The highest BCUT2D eigenvalue weighted by Crippen LogP contribution is 2.36. The Bertz CT molecular complexity index is 1020. The molecule has 0 radical (unpaired) electrons. The van der Waals surface area contributed by atoms with Crippen molar-refractivity contribution >= 4 is 23.2 Å². The molecule has 2 saturated heterocycles. The van der Waals surface area contributed by atoms with Gasteiger partial charge in [-0.15, -0.1) is 0 Å². The number of ether oxygens (including phenoxy) is 1. The third kappa shape index (κ3) is 4.55. The highest BCUT2D eigenvalue weighted by molar-refractivity contribution is 5.94. The van der Waals surface area contributed by atoms with Crippen LogP contribution in [0.3, 0.4) is 0 Å². The molecule has 1 N–H and O–H groups in total. The highest BCUT2D eigenvalue weighted by atomic mass is 16.5. The zero-order valence-corrected chi connectivity index (χ0v) is 19.2. The second kappa shape index (κ2) is 9.43. The molecule has 0 saturated carbocycles. The Hall–Kier alpha value is -3.06. The first-order valence-electron chi connectivity index (χ1n) is 11.9. The Morgan fingerprint density at radius 1 is 1.03 bits per heavy atom. The smallest absolute Gasteiger partial charge is 0.236 e. The van der Waals surface area contributed by atoms with E-state index >= 15 is 0 Å². The third-order valence-electron chi connectivity index (χ3n) is 7.20. The fraction of sp³-hybridized carbons (Fsp3) is 0.462. The molecule has 0 aliphatic carbocycles. The fourth-order valence-electron chi connectivity index (χ4n) is 5.45. The monoisotopic (exact) mass is 448 g/mol. The number of nitrogens with one attached hydrogen (secondary N) is 1. The Morgan fingerprint density at radius 3 is 2.67 bits per heavy atom. The summed E-state index contributed by atoms with van der Waals surface area (Å²) < 4.78 is 5.31. The van der Waals surface area contributed by atoms with Crippen LogP contribution in [0.1, 0.15) is 18.4 Å². The number of para-hydroxylation sites is 1. The minimum atomic E-state index is -0.198. The minimum absolute atomic E-state index is 0.0143. The summed E-state index contributed by atoms with van der Waals surface area (Å²) in [5.74, 6) is 0.749. The van der Waals surface area contributed by atoms with E-state index in [1.54, 1.807) is 7.11 Å². The Morgan fingerprint density at radius 2 is 1.85 bits per heavy atom. The van der Waals surface area contributed by atoms with Gasteiger partial charge in [-0.25, -0.2) is 0 Å². The molecule has 3 aliphatic rings.